The molecule has 4 rings (SSSR count). The van der Waals surface area contributed by atoms with Gasteiger partial charge in [-0.2, -0.15) is 5.10 Å². The lowest BCUT2D eigenvalue weighted by atomic mass is 9.75. The van der Waals surface area contributed by atoms with Crippen LogP contribution in [0.5, 0.6) is 5.75 Å². The van der Waals surface area contributed by atoms with E-state index < -0.39 is 0 Å². The van der Waals surface area contributed by atoms with Crippen molar-refractivity contribution in [1.29, 1.82) is 0 Å². The topological polar surface area (TPSA) is 76.5 Å². The average molecular weight is 473 g/mol. The van der Waals surface area contributed by atoms with Gasteiger partial charge in [0.25, 0.3) is 11.8 Å². The van der Waals surface area contributed by atoms with Crippen molar-refractivity contribution >= 4 is 23.4 Å². The van der Waals surface area contributed by atoms with Crippen molar-refractivity contribution < 1.29 is 14.3 Å². The van der Waals surface area contributed by atoms with Crippen LogP contribution in [0.1, 0.15) is 79.3 Å². The number of amides is 2. The number of ether oxygens (including phenoxy) is 1. The Hall–Kier alpha value is -2.54. The Labute approximate surface area is 200 Å². The van der Waals surface area contributed by atoms with Gasteiger partial charge in [0.2, 0.25) is 0 Å². The van der Waals surface area contributed by atoms with E-state index >= 15 is 0 Å². The lowest BCUT2D eigenvalue weighted by molar-refractivity contribution is 0.0457. The molecule has 0 bridgehead atoms. The molecule has 1 unspecified atom stereocenters. The fourth-order valence-electron chi connectivity index (χ4n) is 5.00. The molecule has 2 amide bonds. The van der Waals surface area contributed by atoms with Gasteiger partial charge in [-0.3, -0.25) is 14.3 Å². The minimum absolute atomic E-state index is 0.0169. The molecule has 8 heteroatoms. The van der Waals surface area contributed by atoms with Crippen LogP contribution in [0.3, 0.4) is 0 Å². The van der Waals surface area contributed by atoms with Crippen LogP contribution < -0.4 is 10.1 Å². The van der Waals surface area contributed by atoms with Crippen molar-refractivity contribution in [1.82, 2.24) is 20.0 Å². The molecule has 0 radical (unpaired) electrons. The van der Waals surface area contributed by atoms with Crippen LogP contribution in [0.4, 0.5) is 0 Å². The second kappa shape index (κ2) is 10.2. The van der Waals surface area contributed by atoms with E-state index in [2.05, 4.69) is 10.4 Å². The van der Waals surface area contributed by atoms with Gasteiger partial charge < -0.3 is 15.0 Å². The summed E-state index contributed by atoms with van der Waals surface area (Å²) in [5.41, 5.74) is 0.938. The minimum atomic E-state index is -0.186. The van der Waals surface area contributed by atoms with Crippen LogP contribution in [-0.2, 0) is 0 Å². The Morgan fingerprint density at radius 2 is 2.00 bits per heavy atom. The highest BCUT2D eigenvalue weighted by Crippen LogP contribution is 2.36. The van der Waals surface area contributed by atoms with Gasteiger partial charge >= 0.3 is 0 Å². The molecular weight excluding hydrogens is 440 g/mol. The third kappa shape index (κ3) is 5.35. The number of likely N-dealkylation sites (tertiary alicyclic amines) is 1. The Morgan fingerprint density at radius 1 is 1.18 bits per heavy atom. The van der Waals surface area contributed by atoms with Gasteiger partial charge in [0.15, 0.2) is 0 Å². The molecule has 2 aromatic rings. The average Bonchev–Trinajstić information content (AvgIpc) is 3.30. The molecule has 178 valence electrons. The maximum atomic E-state index is 13.4. The van der Waals surface area contributed by atoms with Crippen molar-refractivity contribution in [3.8, 4) is 5.75 Å². The van der Waals surface area contributed by atoms with E-state index in [-0.39, 0.29) is 23.3 Å². The van der Waals surface area contributed by atoms with Gasteiger partial charge in [0.1, 0.15) is 11.4 Å². The Morgan fingerprint density at radius 3 is 2.82 bits per heavy atom. The normalized spacial score (nSPS) is 22.2. The van der Waals surface area contributed by atoms with E-state index in [1.807, 2.05) is 18.7 Å². The van der Waals surface area contributed by atoms with E-state index in [9.17, 15) is 9.59 Å². The van der Waals surface area contributed by atoms with Crippen LogP contribution in [0.25, 0.3) is 0 Å². The van der Waals surface area contributed by atoms with Crippen molar-refractivity contribution in [2.24, 2.45) is 5.41 Å². The SMILES string of the molecule is CC(C)n1nccc1C(=O)N1CCCC2(CCCCCOc3ccc(Cl)cc3C(=O)NC2)C1. The number of halogens is 1. The summed E-state index contributed by atoms with van der Waals surface area (Å²) < 4.78 is 7.65. The Balaban J connectivity index is 1.55. The zero-order chi connectivity index (χ0) is 23.4. The lowest BCUT2D eigenvalue weighted by Gasteiger charge is -2.43. The smallest absolute Gasteiger partial charge is 0.272 e. The summed E-state index contributed by atoms with van der Waals surface area (Å²) in [6.45, 7) is 6.50. The number of aromatic nitrogens is 2. The number of piperidine rings is 1. The van der Waals surface area contributed by atoms with Crippen molar-refractivity contribution in [3.05, 3.63) is 46.7 Å². The summed E-state index contributed by atoms with van der Waals surface area (Å²) in [6, 6.07) is 7.08. The minimum Gasteiger partial charge on any atom is -0.493 e. The predicted octanol–water partition coefficient (Wildman–Crippen LogP) is 4.72. The number of carbonyl (C=O) groups is 2. The van der Waals surface area contributed by atoms with E-state index in [1.54, 1.807) is 35.1 Å². The van der Waals surface area contributed by atoms with Crippen molar-refractivity contribution in [3.63, 3.8) is 0 Å². The van der Waals surface area contributed by atoms with Crippen LogP contribution in [0.15, 0.2) is 30.5 Å². The number of hydrogen-bond acceptors (Lipinski definition) is 4. The maximum absolute atomic E-state index is 13.4. The molecule has 1 aromatic heterocycles. The maximum Gasteiger partial charge on any atom is 0.272 e. The van der Waals surface area contributed by atoms with Gasteiger partial charge in [-0.25, -0.2) is 0 Å². The first kappa shape index (κ1) is 23.6. The van der Waals surface area contributed by atoms with Crippen LogP contribution in [0.2, 0.25) is 5.02 Å². The molecule has 0 saturated carbocycles. The molecule has 1 N–H and O–H groups in total. The molecule has 1 spiro atoms. The summed E-state index contributed by atoms with van der Waals surface area (Å²) >= 11 is 6.16. The van der Waals surface area contributed by atoms with Crippen molar-refractivity contribution in [2.45, 2.75) is 58.4 Å². The van der Waals surface area contributed by atoms with Gasteiger partial charge in [-0.05, 0) is 63.8 Å². The lowest BCUT2D eigenvalue weighted by Crippen LogP contribution is -2.51. The van der Waals surface area contributed by atoms with Crippen LogP contribution in [0, 0.1) is 5.41 Å². The number of rotatable bonds is 2. The second-order valence-electron chi connectivity index (χ2n) is 9.57. The molecule has 33 heavy (non-hydrogen) atoms. The first-order chi connectivity index (χ1) is 15.9. The zero-order valence-electron chi connectivity index (χ0n) is 19.5. The summed E-state index contributed by atoms with van der Waals surface area (Å²) in [4.78, 5) is 28.4. The number of hydrogen-bond donors (Lipinski definition) is 1. The quantitative estimate of drug-likeness (QED) is 0.685. The third-order valence-electron chi connectivity index (χ3n) is 6.75. The number of benzene rings is 1. The molecule has 0 aliphatic carbocycles. The van der Waals surface area contributed by atoms with Crippen LogP contribution in [-0.4, -0.2) is 52.7 Å². The first-order valence-electron chi connectivity index (χ1n) is 11.9. The highest BCUT2D eigenvalue weighted by molar-refractivity contribution is 6.31. The van der Waals surface area contributed by atoms with Gasteiger partial charge in [0, 0.05) is 42.3 Å². The van der Waals surface area contributed by atoms with E-state index in [4.69, 9.17) is 16.3 Å². The van der Waals surface area contributed by atoms with Gasteiger partial charge in [0.05, 0.1) is 12.2 Å². The fourth-order valence-corrected chi connectivity index (χ4v) is 5.18. The highest BCUT2D eigenvalue weighted by atomic mass is 35.5. The van der Waals surface area contributed by atoms with E-state index in [0.29, 0.717) is 41.7 Å². The molecule has 1 saturated heterocycles. The number of nitrogens with one attached hydrogen (secondary N) is 1. The number of nitrogens with zero attached hydrogens (tertiary/aromatic N) is 3. The predicted molar refractivity (Wildman–Crippen MR) is 128 cm³/mol. The largest absolute Gasteiger partial charge is 0.493 e. The fraction of sp³-hybridized carbons (Fsp3) is 0.560. The highest BCUT2D eigenvalue weighted by Gasteiger charge is 2.38. The molecule has 1 fully saturated rings. The molecule has 3 heterocycles. The molecule has 1 atom stereocenters. The molecule has 7 nitrogen and oxygen atoms in total. The molecule has 2 aliphatic rings. The van der Waals surface area contributed by atoms with Crippen LogP contribution >= 0.6 is 11.6 Å². The van der Waals surface area contributed by atoms with Crippen molar-refractivity contribution in [2.75, 3.05) is 26.2 Å². The third-order valence-corrected chi connectivity index (χ3v) is 6.98. The summed E-state index contributed by atoms with van der Waals surface area (Å²) in [7, 11) is 0. The monoisotopic (exact) mass is 472 g/mol. The van der Waals surface area contributed by atoms with E-state index in [1.165, 1.54) is 0 Å². The molecular formula is C25H33ClN4O3. The molecule has 1 aromatic carbocycles. The van der Waals surface area contributed by atoms with Gasteiger partial charge in [-0.15, -0.1) is 0 Å². The number of carbonyl (C=O) groups excluding carboxylic acids is 2. The second-order valence-corrected chi connectivity index (χ2v) is 10.0. The van der Waals surface area contributed by atoms with E-state index in [0.717, 1.165) is 45.1 Å². The summed E-state index contributed by atoms with van der Waals surface area (Å²) in [5.74, 6) is 0.394. The molecule has 2 aliphatic heterocycles. The summed E-state index contributed by atoms with van der Waals surface area (Å²) in [6.07, 6.45) is 7.57. The summed E-state index contributed by atoms with van der Waals surface area (Å²) in [5, 5.41) is 7.97. The number of fused-ring (bicyclic) bond motifs is 1. The zero-order valence-corrected chi connectivity index (χ0v) is 20.2. The van der Waals surface area contributed by atoms with Gasteiger partial charge in [-0.1, -0.05) is 24.4 Å². The standard InChI is InChI=1S/C25H33ClN4O3/c1-18(2)30-21(9-12-28-30)24(32)29-13-6-11-25(17-29)10-4-3-5-14-33-22-8-7-19(26)15-20(22)23(31)27-16-25/h7-9,12,15,18H,3-6,10-11,13-14,16-17H2,1-2H3,(H,27,31). The first-order valence-corrected chi connectivity index (χ1v) is 12.3. The Kier molecular flexibility index (Phi) is 7.27. The Bertz CT molecular complexity index is 1010.